The van der Waals surface area contributed by atoms with E-state index in [2.05, 4.69) is 9.69 Å². The van der Waals surface area contributed by atoms with E-state index in [1.165, 1.54) is 0 Å². The van der Waals surface area contributed by atoms with Gasteiger partial charge in [0.15, 0.2) is 5.69 Å². The minimum atomic E-state index is -1.06. The predicted octanol–water partition coefficient (Wildman–Crippen LogP) is 2.77. The van der Waals surface area contributed by atoms with Gasteiger partial charge < -0.3 is 10.4 Å². The van der Waals surface area contributed by atoms with Gasteiger partial charge in [-0.15, -0.1) is 0 Å². The van der Waals surface area contributed by atoms with Crippen LogP contribution in [0.5, 0.6) is 0 Å². The molecule has 0 saturated heterocycles. The Kier molecular flexibility index (Phi) is 3.26. The smallest absolute Gasteiger partial charge is 0.357 e. The first-order valence-electron chi connectivity index (χ1n) is 5.08. The zero-order valence-electron chi connectivity index (χ0n) is 9.47. The summed E-state index contributed by atoms with van der Waals surface area (Å²) in [5.74, 6) is -1.06. The van der Waals surface area contributed by atoms with Crippen LogP contribution in [-0.2, 0) is 0 Å². The lowest BCUT2D eigenvalue weighted by atomic mass is 10.2. The second-order valence-corrected chi connectivity index (χ2v) is 4.56. The van der Waals surface area contributed by atoms with Gasteiger partial charge in [0, 0.05) is 10.6 Å². The summed E-state index contributed by atoms with van der Waals surface area (Å²) >= 11 is 1.14. The third-order valence-electron chi connectivity index (χ3n) is 2.35. The average molecular weight is 259 g/mol. The number of nitrogens with one attached hydrogen (secondary N) is 1. The van der Waals surface area contributed by atoms with Gasteiger partial charge in [-0.05, 0) is 42.7 Å². The molecular formula is C12H9N3O2S. The van der Waals surface area contributed by atoms with Crippen molar-refractivity contribution in [2.45, 2.75) is 6.92 Å². The summed E-state index contributed by atoms with van der Waals surface area (Å²) in [4.78, 5) is 11.8. The van der Waals surface area contributed by atoms with Crippen molar-refractivity contribution >= 4 is 28.9 Å². The first-order chi connectivity index (χ1) is 8.61. The van der Waals surface area contributed by atoms with Gasteiger partial charge in [-0.2, -0.15) is 9.64 Å². The molecule has 2 rings (SSSR count). The molecule has 0 aliphatic heterocycles. The summed E-state index contributed by atoms with van der Waals surface area (Å²) in [6.07, 6.45) is 0. The second-order valence-electron chi connectivity index (χ2n) is 3.58. The number of carboxylic acid groups (broad SMARTS) is 1. The molecule has 0 bridgehead atoms. The van der Waals surface area contributed by atoms with Crippen molar-refractivity contribution in [2.75, 3.05) is 5.32 Å². The maximum atomic E-state index is 11.0. The average Bonchev–Trinajstić information content (AvgIpc) is 2.72. The molecule has 1 aromatic carbocycles. The van der Waals surface area contributed by atoms with Crippen LogP contribution in [0.2, 0.25) is 0 Å². The van der Waals surface area contributed by atoms with Gasteiger partial charge in [-0.25, -0.2) is 4.79 Å². The SMILES string of the molecule is Cc1snc(C(=O)O)c1Nc1ccc(C#N)cc1. The van der Waals surface area contributed by atoms with Crippen molar-refractivity contribution in [3.8, 4) is 6.07 Å². The van der Waals surface area contributed by atoms with Gasteiger partial charge >= 0.3 is 5.97 Å². The molecule has 0 amide bonds. The summed E-state index contributed by atoms with van der Waals surface area (Å²) in [5.41, 5.74) is 1.79. The molecule has 5 nitrogen and oxygen atoms in total. The van der Waals surface area contributed by atoms with E-state index in [-0.39, 0.29) is 5.69 Å². The minimum Gasteiger partial charge on any atom is -0.476 e. The fourth-order valence-electron chi connectivity index (χ4n) is 1.44. The Hall–Kier alpha value is -2.39. The van der Waals surface area contributed by atoms with Crippen LogP contribution >= 0.6 is 11.5 Å². The number of carbonyl (C=O) groups is 1. The molecule has 0 unspecified atom stereocenters. The van der Waals surface area contributed by atoms with Crippen molar-refractivity contribution < 1.29 is 9.90 Å². The summed E-state index contributed by atoms with van der Waals surface area (Å²) in [7, 11) is 0. The van der Waals surface area contributed by atoms with E-state index in [4.69, 9.17) is 10.4 Å². The third kappa shape index (κ3) is 2.31. The molecular weight excluding hydrogens is 250 g/mol. The fourth-order valence-corrected chi connectivity index (χ4v) is 2.07. The lowest BCUT2D eigenvalue weighted by Gasteiger charge is -2.06. The van der Waals surface area contributed by atoms with Crippen molar-refractivity contribution in [3.05, 3.63) is 40.4 Å². The topological polar surface area (TPSA) is 86.0 Å². The van der Waals surface area contributed by atoms with Crippen LogP contribution in [0.1, 0.15) is 20.9 Å². The van der Waals surface area contributed by atoms with E-state index in [0.29, 0.717) is 11.3 Å². The largest absolute Gasteiger partial charge is 0.476 e. The highest BCUT2D eigenvalue weighted by atomic mass is 32.1. The number of aromatic carboxylic acids is 1. The van der Waals surface area contributed by atoms with E-state index in [1.54, 1.807) is 31.2 Å². The van der Waals surface area contributed by atoms with Crippen LogP contribution in [-0.4, -0.2) is 15.4 Å². The van der Waals surface area contributed by atoms with Crippen molar-refractivity contribution in [1.29, 1.82) is 5.26 Å². The highest BCUT2D eigenvalue weighted by molar-refractivity contribution is 7.06. The predicted molar refractivity (Wildman–Crippen MR) is 68.3 cm³/mol. The Morgan fingerprint density at radius 2 is 2.11 bits per heavy atom. The molecule has 0 saturated carbocycles. The molecule has 0 aliphatic rings. The Morgan fingerprint density at radius 1 is 1.44 bits per heavy atom. The molecule has 2 N–H and O–H groups in total. The quantitative estimate of drug-likeness (QED) is 0.885. The van der Waals surface area contributed by atoms with Crippen LogP contribution in [0, 0.1) is 18.3 Å². The van der Waals surface area contributed by atoms with Gasteiger partial charge in [0.2, 0.25) is 0 Å². The molecule has 0 atom stereocenters. The number of anilines is 2. The van der Waals surface area contributed by atoms with Crippen molar-refractivity contribution in [1.82, 2.24) is 4.37 Å². The van der Waals surface area contributed by atoms with Gasteiger partial charge in [0.1, 0.15) is 0 Å². The van der Waals surface area contributed by atoms with Crippen molar-refractivity contribution in [3.63, 3.8) is 0 Å². The summed E-state index contributed by atoms with van der Waals surface area (Å²) in [6.45, 7) is 1.80. The van der Waals surface area contributed by atoms with Crippen LogP contribution in [0.25, 0.3) is 0 Å². The Balaban J connectivity index is 2.31. The standard InChI is InChI=1S/C12H9N3O2S/c1-7-10(11(12(16)17)15-18-7)14-9-4-2-8(6-13)3-5-9/h2-5,14H,1H3,(H,16,17). The zero-order valence-corrected chi connectivity index (χ0v) is 10.3. The van der Waals surface area contributed by atoms with Gasteiger partial charge in [-0.1, -0.05) is 0 Å². The van der Waals surface area contributed by atoms with E-state index in [0.717, 1.165) is 22.1 Å². The molecule has 18 heavy (non-hydrogen) atoms. The zero-order chi connectivity index (χ0) is 13.1. The summed E-state index contributed by atoms with van der Waals surface area (Å²) in [6, 6.07) is 8.80. The Labute approximate surface area is 107 Å². The Bertz CT molecular complexity index is 626. The van der Waals surface area contributed by atoms with E-state index < -0.39 is 5.97 Å². The third-order valence-corrected chi connectivity index (χ3v) is 3.10. The van der Waals surface area contributed by atoms with Crippen molar-refractivity contribution in [2.24, 2.45) is 0 Å². The number of hydrogen-bond donors (Lipinski definition) is 2. The number of carboxylic acids is 1. The monoisotopic (exact) mass is 259 g/mol. The number of benzene rings is 1. The van der Waals surface area contributed by atoms with E-state index >= 15 is 0 Å². The molecule has 0 fully saturated rings. The fraction of sp³-hybridized carbons (Fsp3) is 0.0833. The van der Waals surface area contributed by atoms with Crippen LogP contribution in [0.3, 0.4) is 0 Å². The number of aromatic nitrogens is 1. The molecule has 1 aromatic heterocycles. The number of nitrogens with zero attached hydrogens (tertiary/aromatic N) is 2. The highest BCUT2D eigenvalue weighted by Gasteiger charge is 2.16. The molecule has 6 heteroatoms. The molecule has 0 radical (unpaired) electrons. The maximum Gasteiger partial charge on any atom is 0.357 e. The number of nitriles is 1. The first-order valence-corrected chi connectivity index (χ1v) is 5.86. The molecule has 90 valence electrons. The maximum absolute atomic E-state index is 11.0. The summed E-state index contributed by atoms with van der Waals surface area (Å²) in [5, 5.41) is 20.7. The highest BCUT2D eigenvalue weighted by Crippen LogP contribution is 2.27. The summed E-state index contributed by atoms with van der Waals surface area (Å²) < 4.78 is 3.87. The number of aryl methyl sites for hydroxylation is 1. The van der Waals surface area contributed by atoms with E-state index in [9.17, 15) is 4.79 Å². The molecule has 0 aliphatic carbocycles. The normalized spacial score (nSPS) is 9.78. The van der Waals surface area contributed by atoms with E-state index in [1.807, 2.05) is 6.07 Å². The number of hydrogen-bond acceptors (Lipinski definition) is 5. The first kappa shape index (κ1) is 12.1. The molecule has 2 aromatic rings. The van der Waals surface area contributed by atoms with Gasteiger partial charge in [-0.3, -0.25) is 0 Å². The van der Waals surface area contributed by atoms with Gasteiger partial charge in [0.25, 0.3) is 0 Å². The molecule has 1 heterocycles. The lowest BCUT2D eigenvalue weighted by Crippen LogP contribution is -2.02. The lowest BCUT2D eigenvalue weighted by molar-refractivity contribution is 0.0693. The minimum absolute atomic E-state index is 0.0156. The Morgan fingerprint density at radius 3 is 2.67 bits per heavy atom. The van der Waals surface area contributed by atoms with Crippen LogP contribution in [0.4, 0.5) is 11.4 Å². The van der Waals surface area contributed by atoms with Crippen LogP contribution in [0.15, 0.2) is 24.3 Å². The molecule has 0 spiro atoms. The van der Waals surface area contributed by atoms with Gasteiger partial charge in [0.05, 0.1) is 17.3 Å². The number of rotatable bonds is 3. The van der Waals surface area contributed by atoms with Crippen LogP contribution < -0.4 is 5.32 Å². The second kappa shape index (κ2) is 4.85.